The summed E-state index contributed by atoms with van der Waals surface area (Å²) in [5.74, 6) is -0.601. The number of rotatable bonds is 7. The van der Waals surface area contributed by atoms with Crippen molar-refractivity contribution in [2.75, 3.05) is 25.0 Å². The zero-order valence-electron chi connectivity index (χ0n) is 17.0. The van der Waals surface area contributed by atoms with Gasteiger partial charge in [0.15, 0.2) is 0 Å². The molecule has 1 aromatic carbocycles. The van der Waals surface area contributed by atoms with Crippen LogP contribution >= 0.6 is 0 Å². The van der Waals surface area contributed by atoms with E-state index in [1.54, 1.807) is 11.8 Å². The quantitative estimate of drug-likeness (QED) is 0.702. The molecule has 1 fully saturated rings. The third-order valence-electron chi connectivity index (χ3n) is 4.97. The molecule has 2 rings (SSSR count). The molecule has 1 aliphatic heterocycles. The molecule has 7 heteroatoms. The molecule has 154 valence electrons. The number of carbonyl (C=O) groups excluding carboxylic acids is 3. The molecule has 0 spiro atoms. The minimum atomic E-state index is -0.312. The van der Waals surface area contributed by atoms with Crippen molar-refractivity contribution in [3.05, 3.63) is 29.3 Å². The van der Waals surface area contributed by atoms with Crippen LogP contribution in [0.5, 0.6) is 0 Å². The van der Waals surface area contributed by atoms with Gasteiger partial charge in [0, 0.05) is 24.8 Å². The number of aryl methyl sites for hydroxylation is 2. The van der Waals surface area contributed by atoms with E-state index in [4.69, 9.17) is 4.74 Å². The van der Waals surface area contributed by atoms with Gasteiger partial charge in [-0.05, 0) is 43.7 Å². The summed E-state index contributed by atoms with van der Waals surface area (Å²) in [6.45, 7) is 7.29. The smallest absolute Gasteiger partial charge is 0.409 e. The van der Waals surface area contributed by atoms with Crippen LogP contribution in [0, 0.1) is 0 Å². The number of benzene rings is 1. The van der Waals surface area contributed by atoms with Gasteiger partial charge < -0.3 is 20.3 Å². The van der Waals surface area contributed by atoms with Gasteiger partial charge >= 0.3 is 6.09 Å². The molecule has 1 heterocycles. The number of nitrogens with zero attached hydrogens (tertiary/aromatic N) is 1. The Morgan fingerprint density at radius 3 is 2.18 bits per heavy atom. The first kappa shape index (κ1) is 21.7. The number of piperidine rings is 1. The monoisotopic (exact) mass is 389 g/mol. The van der Waals surface area contributed by atoms with Crippen LogP contribution in [0.4, 0.5) is 10.5 Å². The maximum atomic E-state index is 12.4. The number of para-hydroxylation sites is 1. The molecule has 0 atom stereocenters. The average Bonchev–Trinajstić information content (AvgIpc) is 2.68. The van der Waals surface area contributed by atoms with Crippen molar-refractivity contribution >= 4 is 23.6 Å². The van der Waals surface area contributed by atoms with Gasteiger partial charge in [-0.1, -0.05) is 32.0 Å². The molecule has 2 N–H and O–H groups in total. The number of amides is 3. The molecule has 1 aromatic rings. The van der Waals surface area contributed by atoms with E-state index in [1.807, 2.05) is 32.0 Å². The molecule has 1 aliphatic rings. The predicted octanol–water partition coefficient (Wildman–Crippen LogP) is 2.88. The van der Waals surface area contributed by atoms with Gasteiger partial charge in [0.2, 0.25) is 11.8 Å². The first-order valence-corrected chi connectivity index (χ1v) is 10.1. The van der Waals surface area contributed by atoms with Gasteiger partial charge in [-0.3, -0.25) is 9.59 Å². The maximum absolute atomic E-state index is 12.4. The van der Waals surface area contributed by atoms with E-state index < -0.39 is 0 Å². The van der Waals surface area contributed by atoms with Crippen LogP contribution in [-0.4, -0.2) is 48.5 Å². The topological polar surface area (TPSA) is 87.7 Å². The highest BCUT2D eigenvalue weighted by Crippen LogP contribution is 2.22. The summed E-state index contributed by atoms with van der Waals surface area (Å²) in [5, 5.41) is 5.82. The normalized spacial score (nSPS) is 14.5. The maximum Gasteiger partial charge on any atom is 0.409 e. The average molecular weight is 389 g/mol. The van der Waals surface area contributed by atoms with Gasteiger partial charge in [-0.25, -0.2) is 4.79 Å². The summed E-state index contributed by atoms with van der Waals surface area (Å²) in [7, 11) is 0. The van der Waals surface area contributed by atoms with Crippen LogP contribution in [0.3, 0.4) is 0 Å². The molecule has 3 amide bonds. The number of anilines is 1. The van der Waals surface area contributed by atoms with E-state index >= 15 is 0 Å². The number of hydrogen-bond acceptors (Lipinski definition) is 4. The number of nitrogens with one attached hydrogen (secondary N) is 2. The fraction of sp³-hybridized carbons (Fsp3) is 0.571. The molecule has 0 bridgehead atoms. The summed E-state index contributed by atoms with van der Waals surface area (Å²) in [5.41, 5.74) is 2.96. The predicted molar refractivity (Wildman–Crippen MR) is 108 cm³/mol. The molecule has 7 nitrogen and oxygen atoms in total. The van der Waals surface area contributed by atoms with E-state index in [-0.39, 0.29) is 30.4 Å². The van der Waals surface area contributed by atoms with Crippen molar-refractivity contribution in [1.29, 1.82) is 0 Å². The molecular weight excluding hydrogens is 358 g/mol. The van der Waals surface area contributed by atoms with Gasteiger partial charge in [-0.15, -0.1) is 0 Å². The molecular formula is C21H31N3O4. The zero-order chi connectivity index (χ0) is 20.5. The lowest BCUT2D eigenvalue weighted by atomic mass is 10.0. The number of ether oxygens (including phenoxy) is 1. The van der Waals surface area contributed by atoms with Crippen LogP contribution in [0.15, 0.2) is 18.2 Å². The SMILES string of the molecule is CCOC(=O)N1CCC(NC(=O)CC(=O)Nc2c(CC)cccc2CC)CC1. The Labute approximate surface area is 166 Å². The Morgan fingerprint density at radius 1 is 1.04 bits per heavy atom. The molecule has 0 saturated carbocycles. The van der Waals surface area contributed by atoms with Gasteiger partial charge in [0.25, 0.3) is 0 Å². The fourth-order valence-electron chi connectivity index (χ4n) is 3.43. The van der Waals surface area contributed by atoms with E-state index in [2.05, 4.69) is 10.6 Å². The zero-order valence-corrected chi connectivity index (χ0v) is 17.0. The highest BCUT2D eigenvalue weighted by molar-refractivity contribution is 6.04. The van der Waals surface area contributed by atoms with Crippen LogP contribution in [0.25, 0.3) is 0 Å². The van der Waals surface area contributed by atoms with Gasteiger partial charge in [-0.2, -0.15) is 0 Å². The summed E-state index contributed by atoms with van der Waals surface area (Å²) in [4.78, 5) is 38.0. The van der Waals surface area contributed by atoms with Gasteiger partial charge in [0.1, 0.15) is 6.42 Å². The lowest BCUT2D eigenvalue weighted by Gasteiger charge is -2.31. The van der Waals surface area contributed by atoms with Crippen molar-refractivity contribution in [3.63, 3.8) is 0 Å². The summed E-state index contributed by atoms with van der Waals surface area (Å²) < 4.78 is 4.99. The third kappa shape index (κ3) is 5.97. The molecule has 0 radical (unpaired) electrons. The summed E-state index contributed by atoms with van der Waals surface area (Å²) in [6, 6.07) is 5.95. The first-order valence-electron chi connectivity index (χ1n) is 10.1. The number of likely N-dealkylation sites (tertiary alicyclic amines) is 1. The van der Waals surface area contributed by atoms with E-state index in [0.29, 0.717) is 32.5 Å². The van der Waals surface area contributed by atoms with Crippen LogP contribution in [-0.2, 0) is 27.2 Å². The second kappa shape index (κ2) is 10.7. The van der Waals surface area contributed by atoms with Crippen LogP contribution in [0.1, 0.15) is 51.2 Å². The van der Waals surface area contributed by atoms with Crippen LogP contribution in [0.2, 0.25) is 0 Å². The Morgan fingerprint density at radius 2 is 1.64 bits per heavy atom. The lowest BCUT2D eigenvalue weighted by molar-refractivity contribution is -0.127. The third-order valence-corrected chi connectivity index (χ3v) is 4.97. The molecule has 0 aliphatic carbocycles. The largest absolute Gasteiger partial charge is 0.450 e. The molecule has 0 unspecified atom stereocenters. The van der Waals surface area contributed by atoms with E-state index in [9.17, 15) is 14.4 Å². The second-order valence-electron chi connectivity index (χ2n) is 6.91. The van der Waals surface area contributed by atoms with E-state index in [0.717, 1.165) is 29.7 Å². The molecule has 0 aromatic heterocycles. The standard InChI is InChI=1S/C21H31N3O4/c1-4-15-8-7-9-16(5-2)20(15)23-19(26)14-18(25)22-17-10-12-24(13-11-17)21(27)28-6-3/h7-9,17H,4-6,10-14H2,1-3H3,(H,22,25)(H,23,26). The highest BCUT2D eigenvalue weighted by atomic mass is 16.6. The minimum absolute atomic E-state index is 0.0277. The van der Waals surface area contributed by atoms with Crippen molar-refractivity contribution in [3.8, 4) is 0 Å². The lowest BCUT2D eigenvalue weighted by Crippen LogP contribution is -2.47. The highest BCUT2D eigenvalue weighted by Gasteiger charge is 2.25. The van der Waals surface area contributed by atoms with Gasteiger partial charge in [0.05, 0.1) is 6.61 Å². The second-order valence-corrected chi connectivity index (χ2v) is 6.91. The number of carbonyl (C=O) groups is 3. The number of hydrogen-bond donors (Lipinski definition) is 2. The Bertz CT molecular complexity index is 675. The Balaban J connectivity index is 1.83. The molecule has 28 heavy (non-hydrogen) atoms. The fourth-order valence-corrected chi connectivity index (χ4v) is 3.43. The van der Waals surface area contributed by atoms with Crippen LogP contribution < -0.4 is 10.6 Å². The summed E-state index contributed by atoms with van der Waals surface area (Å²) in [6.07, 6.45) is 2.42. The van der Waals surface area contributed by atoms with Crippen molar-refractivity contribution in [2.45, 2.75) is 58.9 Å². The first-order chi connectivity index (χ1) is 13.5. The van der Waals surface area contributed by atoms with Crippen molar-refractivity contribution < 1.29 is 19.1 Å². The van der Waals surface area contributed by atoms with E-state index in [1.165, 1.54) is 0 Å². The minimum Gasteiger partial charge on any atom is -0.450 e. The Kier molecular flexibility index (Phi) is 8.29. The Hall–Kier alpha value is -2.57. The summed E-state index contributed by atoms with van der Waals surface area (Å²) >= 11 is 0. The van der Waals surface area contributed by atoms with Crippen molar-refractivity contribution in [2.24, 2.45) is 0 Å². The molecule has 1 saturated heterocycles. The van der Waals surface area contributed by atoms with Crippen molar-refractivity contribution in [1.82, 2.24) is 10.2 Å².